The van der Waals surface area contributed by atoms with Crippen LogP contribution in [0.1, 0.15) is 19.8 Å². The van der Waals surface area contributed by atoms with Crippen molar-refractivity contribution in [3.8, 4) is 0 Å². The largest absolute Gasteiger partial charge is 0.370 e. The van der Waals surface area contributed by atoms with Crippen LogP contribution in [0, 0.1) is 0 Å². The molecule has 0 radical (unpaired) electrons. The fraction of sp³-hybridized carbons (Fsp3) is 0.667. The second kappa shape index (κ2) is 5.86. The number of nitrogen functional groups attached to an aromatic ring is 1. The molecule has 1 aliphatic heterocycles. The van der Waals surface area contributed by atoms with E-state index in [0.717, 1.165) is 44.1 Å². The average molecular weight is 250 g/mol. The first-order valence-electron chi connectivity index (χ1n) is 6.53. The van der Waals surface area contributed by atoms with Crippen LogP contribution in [0.25, 0.3) is 0 Å². The van der Waals surface area contributed by atoms with E-state index < -0.39 is 0 Å². The standard InChI is InChI=1S/C12H22N6/c1-3-4-5-15-10-6-11(17-12(13)16-10)18-7-9(8-18)14-2/h6,9,14H,3-5,7-8H2,1-2H3,(H3,13,15,16,17). The molecule has 18 heavy (non-hydrogen) atoms. The van der Waals surface area contributed by atoms with Crippen LogP contribution in [0.3, 0.4) is 0 Å². The fourth-order valence-electron chi connectivity index (χ4n) is 1.95. The third-order valence-electron chi connectivity index (χ3n) is 3.18. The molecule has 100 valence electrons. The molecule has 4 N–H and O–H groups in total. The summed E-state index contributed by atoms with van der Waals surface area (Å²) in [5.41, 5.74) is 5.74. The lowest BCUT2D eigenvalue weighted by Gasteiger charge is -2.40. The maximum Gasteiger partial charge on any atom is 0.223 e. The van der Waals surface area contributed by atoms with E-state index in [9.17, 15) is 0 Å². The SMILES string of the molecule is CCCCNc1cc(N2CC(NC)C2)nc(N)n1. The van der Waals surface area contributed by atoms with E-state index in [0.29, 0.717) is 12.0 Å². The van der Waals surface area contributed by atoms with Crippen LogP contribution in [0.15, 0.2) is 6.07 Å². The number of likely N-dealkylation sites (N-methyl/N-ethyl adjacent to an activating group) is 1. The van der Waals surface area contributed by atoms with Gasteiger partial charge >= 0.3 is 0 Å². The molecule has 0 aliphatic carbocycles. The van der Waals surface area contributed by atoms with Crippen molar-refractivity contribution in [2.45, 2.75) is 25.8 Å². The first-order valence-corrected chi connectivity index (χ1v) is 6.53. The van der Waals surface area contributed by atoms with Gasteiger partial charge in [-0.1, -0.05) is 13.3 Å². The smallest absolute Gasteiger partial charge is 0.223 e. The highest BCUT2D eigenvalue weighted by atomic mass is 15.3. The minimum Gasteiger partial charge on any atom is -0.370 e. The van der Waals surface area contributed by atoms with E-state index in [-0.39, 0.29) is 0 Å². The minimum absolute atomic E-state index is 0.333. The molecule has 0 spiro atoms. The number of nitrogens with zero attached hydrogens (tertiary/aromatic N) is 3. The molecule has 0 atom stereocenters. The zero-order chi connectivity index (χ0) is 13.0. The average Bonchev–Trinajstić information content (AvgIpc) is 2.27. The van der Waals surface area contributed by atoms with Crippen LogP contribution in [-0.4, -0.2) is 42.7 Å². The van der Waals surface area contributed by atoms with Crippen molar-refractivity contribution >= 4 is 17.6 Å². The summed E-state index contributed by atoms with van der Waals surface area (Å²) >= 11 is 0. The molecule has 1 aliphatic rings. The van der Waals surface area contributed by atoms with E-state index in [1.807, 2.05) is 13.1 Å². The monoisotopic (exact) mass is 250 g/mol. The second-order valence-electron chi connectivity index (χ2n) is 4.64. The van der Waals surface area contributed by atoms with E-state index in [2.05, 4.69) is 32.4 Å². The van der Waals surface area contributed by atoms with Crippen molar-refractivity contribution in [2.75, 3.05) is 42.6 Å². The molecule has 0 aromatic carbocycles. The first kappa shape index (κ1) is 12.9. The van der Waals surface area contributed by atoms with E-state index >= 15 is 0 Å². The van der Waals surface area contributed by atoms with Gasteiger partial charge in [-0.2, -0.15) is 9.97 Å². The Hall–Kier alpha value is -1.56. The summed E-state index contributed by atoms with van der Waals surface area (Å²) in [5, 5.41) is 6.52. The molecular formula is C12H22N6. The number of nitrogens with two attached hydrogens (primary N) is 1. The number of hydrogen-bond acceptors (Lipinski definition) is 6. The lowest BCUT2D eigenvalue weighted by molar-refractivity contribution is 0.447. The van der Waals surface area contributed by atoms with Crippen LogP contribution in [0.2, 0.25) is 0 Å². The molecule has 1 aromatic rings. The predicted octanol–water partition coefficient (Wildman–Crippen LogP) is 0.679. The van der Waals surface area contributed by atoms with Crippen molar-refractivity contribution < 1.29 is 0 Å². The molecular weight excluding hydrogens is 228 g/mol. The predicted molar refractivity (Wildman–Crippen MR) is 74.9 cm³/mol. The third kappa shape index (κ3) is 3.01. The Balaban J connectivity index is 1.98. The third-order valence-corrected chi connectivity index (χ3v) is 3.18. The number of unbranched alkanes of at least 4 members (excludes halogenated alkanes) is 1. The number of anilines is 3. The molecule has 0 bridgehead atoms. The number of rotatable bonds is 6. The molecule has 1 saturated heterocycles. The highest BCUT2D eigenvalue weighted by Gasteiger charge is 2.26. The van der Waals surface area contributed by atoms with E-state index in [4.69, 9.17) is 5.73 Å². The minimum atomic E-state index is 0.333. The number of aromatic nitrogens is 2. The van der Waals surface area contributed by atoms with Crippen molar-refractivity contribution in [3.63, 3.8) is 0 Å². The second-order valence-corrected chi connectivity index (χ2v) is 4.64. The van der Waals surface area contributed by atoms with Gasteiger partial charge in [-0.15, -0.1) is 0 Å². The Labute approximate surface area is 108 Å². The van der Waals surface area contributed by atoms with Crippen molar-refractivity contribution in [1.82, 2.24) is 15.3 Å². The summed E-state index contributed by atoms with van der Waals surface area (Å²) in [4.78, 5) is 10.7. The van der Waals surface area contributed by atoms with Gasteiger partial charge in [0, 0.05) is 31.7 Å². The van der Waals surface area contributed by atoms with Crippen LogP contribution >= 0.6 is 0 Å². The van der Waals surface area contributed by atoms with E-state index in [1.165, 1.54) is 0 Å². The van der Waals surface area contributed by atoms with Crippen LogP contribution < -0.4 is 21.3 Å². The molecule has 2 heterocycles. The fourth-order valence-corrected chi connectivity index (χ4v) is 1.95. The van der Waals surface area contributed by atoms with Gasteiger partial charge in [0.05, 0.1) is 0 Å². The Kier molecular flexibility index (Phi) is 4.19. The van der Waals surface area contributed by atoms with Crippen molar-refractivity contribution in [3.05, 3.63) is 6.07 Å². The maximum absolute atomic E-state index is 5.74. The van der Waals surface area contributed by atoms with Crippen molar-refractivity contribution in [2.24, 2.45) is 0 Å². The van der Waals surface area contributed by atoms with Crippen LogP contribution in [0.4, 0.5) is 17.6 Å². The highest BCUT2D eigenvalue weighted by Crippen LogP contribution is 2.21. The summed E-state index contributed by atoms with van der Waals surface area (Å²) in [6.07, 6.45) is 2.29. The lowest BCUT2D eigenvalue weighted by Crippen LogP contribution is -2.57. The topological polar surface area (TPSA) is 79.1 Å². The van der Waals surface area contributed by atoms with Gasteiger partial charge in [-0.25, -0.2) is 0 Å². The molecule has 2 rings (SSSR count). The Morgan fingerprint density at radius 3 is 2.89 bits per heavy atom. The summed E-state index contributed by atoms with van der Waals surface area (Å²) in [6.45, 7) is 5.04. The zero-order valence-electron chi connectivity index (χ0n) is 11.1. The first-order chi connectivity index (χ1) is 8.72. The van der Waals surface area contributed by atoms with Crippen LogP contribution in [-0.2, 0) is 0 Å². The number of hydrogen-bond donors (Lipinski definition) is 3. The maximum atomic E-state index is 5.74. The molecule has 0 amide bonds. The van der Waals surface area contributed by atoms with E-state index in [1.54, 1.807) is 0 Å². The van der Waals surface area contributed by atoms with Gasteiger partial charge < -0.3 is 21.3 Å². The molecule has 6 nitrogen and oxygen atoms in total. The highest BCUT2D eigenvalue weighted by molar-refractivity contribution is 5.54. The zero-order valence-corrected chi connectivity index (χ0v) is 11.1. The molecule has 1 fully saturated rings. The van der Waals surface area contributed by atoms with Gasteiger partial charge in [0.2, 0.25) is 5.95 Å². The Morgan fingerprint density at radius 1 is 1.44 bits per heavy atom. The van der Waals surface area contributed by atoms with Gasteiger partial charge in [0.1, 0.15) is 11.6 Å². The van der Waals surface area contributed by atoms with Crippen molar-refractivity contribution in [1.29, 1.82) is 0 Å². The van der Waals surface area contributed by atoms with Gasteiger partial charge in [0.15, 0.2) is 0 Å². The summed E-state index contributed by atoms with van der Waals surface area (Å²) in [5.74, 6) is 2.06. The van der Waals surface area contributed by atoms with Gasteiger partial charge in [-0.05, 0) is 13.5 Å². The molecule has 0 unspecified atom stereocenters. The molecule has 0 saturated carbocycles. The normalized spacial score (nSPS) is 15.6. The summed E-state index contributed by atoms with van der Waals surface area (Å²) in [6, 6.07) is 2.52. The van der Waals surface area contributed by atoms with Crippen LogP contribution in [0.5, 0.6) is 0 Å². The number of nitrogens with one attached hydrogen (secondary N) is 2. The lowest BCUT2D eigenvalue weighted by atomic mass is 10.1. The van der Waals surface area contributed by atoms with Gasteiger partial charge in [0.25, 0.3) is 0 Å². The Bertz CT molecular complexity index is 388. The molecule has 6 heteroatoms. The molecule has 1 aromatic heterocycles. The summed E-state index contributed by atoms with van der Waals surface area (Å²) in [7, 11) is 1.98. The Morgan fingerprint density at radius 2 is 2.22 bits per heavy atom. The summed E-state index contributed by atoms with van der Waals surface area (Å²) < 4.78 is 0. The van der Waals surface area contributed by atoms with Gasteiger partial charge in [-0.3, -0.25) is 0 Å². The quantitative estimate of drug-likeness (QED) is 0.644.